The van der Waals surface area contributed by atoms with E-state index < -0.39 is 0 Å². The van der Waals surface area contributed by atoms with Crippen LogP contribution in [0.5, 0.6) is 0 Å². The lowest BCUT2D eigenvalue weighted by molar-refractivity contribution is 0.742. The maximum absolute atomic E-state index is 5.95. The quantitative estimate of drug-likeness (QED) is 0.412. The van der Waals surface area contributed by atoms with E-state index in [1.165, 1.54) is 28.1 Å². The molecule has 1 aliphatic rings. The van der Waals surface area contributed by atoms with Crippen LogP contribution in [0.4, 0.5) is 5.69 Å². The van der Waals surface area contributed by atoms with Crippen LogP contribution in [0.25, 0.3) is 0 Å². The fraction of sp³-hybridized carbons (Fsp3) is 0.389. The number of halogens is 1. The van der Waals surface area contributed by atoms with E-state index in [2.05, 4.69) is 58.0 Å². The van der Waals surface area contributed by atoms with Crippen LogP contribution in [0.1, 0.15) is 22.4 Å². The van der Waals surface area contributed by atoms with Gasteiger partial charge in [0.1, 0.15) is 0 Å². The standard InChI is InChI=1S/C18H24N4S.HI/c1-22-10-2-4-15-12-14(6-7-17(15)22)13-21-18(19)20-9-8-16-5-3-11-23-16;/h3,5-7,11-12H,2,4,8-10,13H2,1H3,(H3,19,20,21);1H. The predicted octanol–water partition coefficient (Wildman–Crippen LogP) is 3.40. The van der Waals surface area contributed by atoms with Gasteiger partial charge < -0.3 is 16.0 Å². The van der Waals surface area contributed by atoms with Gasteiger partial charge in [-0.3, -0.25) is 0 Å². The van der Waals surface area contributed by atoms with E-state index in [4.69, 9.17) is 5.73 Å². The molecular weight excluding hydrogens is 431 g/mol. The predicted molar refractivity (Wildman–Crippen MR) is 115 cm³/mol. The summed E-state index contributed by atoms with van der Waals surface area (Å²) in [6, 6.07) is 10.9. The number of hydrogen-bond acceptors (Lipinski definition) is 3. The largest absolute Gasteiger partial charge is 0.374 e. The second-order valence-corrected chi connectivity index (χ2v) is 6.98. The van der Waals surface area contributed by atoms with Crippen LogP contribution in [0.15, 0.2) is 40.7 Å². The number of nitrogens with zero attached hydrogens (tertiary/aromatic N) is 2. The SMILES string of the molecule is CN1CCCc2cc(CN=C(N)NCCc3cccs3)ccc21.I. The summed E-state index contributed by atoms with van der Waals surface area (Å²) >= 11 is 1.77. The Morgan fingerprint density at radius 3 is 3.04 bits per heavy atom. The molecule has 0 atom stereocenters. The Kier molecular flexibility index (Phi) is 7.36. The number of hydrogen-bond donors (Lipinski definition) is 2. The van der Waals surface area contributed by atoms with E-state index in [0.717, 1.165) is 25.9 Å². The van der Waals surface area contributed by atoms with Crippen molar-refractivity contribution in [3.8, 4) is 0 Å². The highest BCUT2D eigenvalue weighted by Crippen LogP contribution is 2.26. The van der Waals surface area contributed by atoms with E-state index in [0.29, 0.717) is 12.5 Å². The monoisotopic (exact) mass is 456 g/mol. The number of aryl methyl sites for hydroxylation is 1. The van der Waals surface area contributed by atoms with Gasteiger partial charge in [-0.1, -0.05) is 18.2 Å². The molecule has 1 aromatic heterocycles. The minimum absolute atomic E-state index is 0. The molecule has 0 spiro atoms. The molecule has 6 heteroatoms. The number of benzene rings is 1. The van der Waals surface area contributed by atoms with E-state index in [-0.39, 0.29) is 24.0 Å². The van der Waals surface area contributed by atoms with Gasteiger partial charge in [0.15, 0.2) is 5.96 Å². The number of aliphatic imine (C=N–C) groups is 1. The lowest BCUT2D eigenvalue weighted by Crippen LogP contribution is -2.33. The Balaban J connectivity index is 0.00000208. The van der Waals surface area contributed by atoms with Gasteiger partial charge in [-0.15, -0.1) is 35.3 Å². The highest BCUT2D eigenvalue weighted by atomic mass is 127. The number of nitrogens with two attached hydrogens (primary N) is 1. The molecule has 0 saturated heterocycles. The molecule has 24 heavy (non-hydrogen) atoms. The smallest absolute Gasteiger partial charge is 0.188 e. The summed E-state index contributed by atoms with van der Waals surface area (Å²) in [5.74, 6) is 0.524. The Hall–Kier alpha value is -1.28. The summed E-state index contributed by atoms with van der Waals surface area (Å²) in [5, 5.41) is 5.28. The van der Waals surface area contributed by atoms with Gasteiger partial charge in [0, 0.05) is 30.7 Å². The van der Waals surface area contributed by atoms with Crippen molar-refractivity contribution in [2.75, 3.05) is 25.0 Å². The molecule has 0 saturated carbocycles. The lowest BCUT2D eigenvalue weighted by atomic mass is 10.00. The number of nitrogens with one attached hydrogen (secondary N) is 1. The van der Waals surface area contributed by atoms with Crippen molar-refractivity contribution in [1.29, 1.82) is 0 Å². The molecule has 1 aromatic carbocycles. The normalized spacial score (nSPS) is 14.0. The second-order valence-electron chi connectivity index (χ2n) is 5.95. The molecular formula is C18H25IN4S. The summed E-state index contributed by atoms with van der Waals surface area (Å²) in [6.07, 6.45) is 3.37. The molecule has 3 N–H and O–H groups in total. The van der Waals surface area contributed by atoms with Gasteiger partial charge in [-0.05, 0) is 47.9 Å². The van der Waals surface area contributed by atoms with Crippen molar-refractivity contribution in [1.82, 2.24) is 5.32 Å². The minimum atomic E-state index is 0. The third-order valence-corrected chi connectivity index (χ3v) is 5.12. The van der Waals surface area contributed by atoms with Crippen molar-refractivity contribution in [2.45, 2.75) is 25.8 Å². The van der Waals surface area contributed by atoms with Crippen LogP contribution in [-0.2, 0) is 19.4 Å². The molecule has 1 aliphatic heterocycles. The van der Waals surface area contributed by atoms with Crippen LogP contribution >= 0.6 is 35.3 Å². The van der Waals surface area contributed by atoms with Gasteiger partial charge >= 0.3 is 0 Å². The van der Waals surface area contributed by atoms with Crippen molar-refractivity contribution in [2.24, 2.45) is 10.7 Å². The fourth-order valence-corrected chi connectivity index (χ4v) is 3.65. The van der Waals surface area contributed by atoms with Gasteiger partial charge in [0.25, 0.3) is 0 Å². The van der Waals surface area contributed by atoms with Crippen LogP contribution in [-0.4, -0.2) is 26.1 Å². The number of fused-ring (bicyclic) bond motifs is 1. The summed E-state index contributed by atoms with van der Waals surface area (Å²) in [4.78, 5) is 8.14. The van der Waals surface area contributed by atoms with Crippen LogP contribution < -0.4 is 16.0 Å². The molecule has 0 radical (unpaired) electrons. The molecule has 3 rings (SSSR count). The van der Waals surface area contributed by atoms with Gasteiger partial charge in [-0.25, -0.2) is 4.99 Å². The maximum atomic E-state index is 5.95. The first-order valence-electron chi connectivity index (χ1n) is 8.11. The molecule has 0 bridgehead atoms. The van der Waals surface area contributed by atoms with E-state index >= 15 is 0 Å². The molecule has 4 nitrogen and oxygen atoms in total. The first-order chi connectivity index (χ1) is 11.2. The fourth-order valence-electron chi connectivity index (χ4n) is 2.94. The molecule has 0 unspecified atom stereocenters. The number of thiophene rings is 1. The van der Waals surface area contributed by atoms with Crippen molar-refractivity contribution < 1.29 is 0 Å². The van der Waals surface area contributed by atoms with Crippen LogP contribution in [0, 0.1) is 0 Å². The zero-order valence-corrected chi connectivity index (χ0v) is 17.1. The minimum Gasteiger partial charge on any atom is -0.374 e. The third kappa shape index (κ3) is 5.11. The Bertz CT molecular complexity index is 670. The van der Waals surface area contributed by atoms with Crippen molar-refractivity contribution in [3.63, 3.8) is 0 Å². The zero-order valence-electron chi connectivity index (χ0n) is 14.0. The van der Waals surface area contributed by atoms with Crippen LogP contribution in [0.3, 0.4) is 0 Å². The third-order valence-electron chi connectivity index (χ3n) is 4.18. The van der Waals surface area contributed by atoms with Crippen molar-refractivity contribution >= 4 is 47.0 Å². The molecule has 0 aliphatic carbocycles. The number of guanidine groups is 1. The van der Waals surface area contributed by atoms with E-state index in [1.807, 2.05) is 0 Å². The summed E-state index contributed by atoms with van der Waals surface area (Å²) in [7, 11) is 2.16. The average molecular weight is 456 g/mol. The number of rotatable bonds is 5. The molecule has 130 valence electrons. The summed E-state index contributed by atoms with van der Waals surface area (Å²) in [6.45, 7) is 2.60. The molecule has 2 heterocycles. The van der Waals surface area contributed by atoms with Crippen molar-refractivity contribution in [3.05, 3.63) is 51.7 Å². The Morgan fingerprint density at radius 2 is 2.25 bits per heavy atom. The highest BCUT2D eigenvalue weighted by Gasteiger charge is 2.13. The van der Waals surface area contributed by atoms with Gasteiger partial charge in [-0.2, -0.15) is 0 Å². The van der Waals surface area contributed by atoms with Crippen LogP contribution in [0.2, 0.25) is 0 Å². The molecule has 2 aromatic rings. The molecule has 0 fully saturated rings. The second kappa shape index (κ2) is 9.27. The first-order valence-corrected chi connectivity index (χ1v) is 8.99. The first kappa shape index (κ1) is 19.1. The summed E-state index contributed by atoms with van der Waals surface area (Å²) < 4.78 is 0. The number of anilines is 1. The maximum Gasteiger partial charge on any atom is 0.188 e. The molecule has 0 amide bonds. The van der Waals surface area contributed by atoms with E-state index in [9.17, 15) is 0 Å². The Morgan fingerprint density at radius 1 is 1.38 bits per heavy atom. The lowest BCUT2D eigenvalue weighted by Gasteiger charge is -2.27. The van der Waals surface area contributed by atoms with Gasteiger partial charge in [0.2, 0.25) is 0 Å². The summed E-state index contributed by atoms with van der Waals surface area (Å²) in [5.41, 5.74) is 9.96. The van der Waals surface area contributed by atoms with E-state index in [1.54, 1.807) is 11.3 Å². The zero-order chi connectivity index (χ0) is 16.1. The highest BCUT2D eigenvalue weighted by molar-refractivity contribution is 14.0. The Labute approximate surface area is 165 Å². The topological polar surface area (TPSA) is 53.6 Å². The average Bonchev–Trinajstić information content (AvgIpc) is 3.06. The van der Waals surface area contributed by atoms with Gasteiger partial charge in [0.05, 0.1) is 6.54 Å².